The monoisotopic (exact) mass is 297 g/mol. The Hall–Kier alpha value is -2.08. The highest BCUT2D eigenvalue weighted by molar-refractivity contribution is 6.33. The fourth-order valence-corrected chi connectivity index (χ4v) is 1.85. The molecule has 0 radical (unpaired) electrons. The van der Waals surface area contributed by atoms with E-state index in [1.54, 1.807) is 12.1 Å². The summed E-state index contributed by atoms with van der Waals surface area (Å²) in [5.74, 6) is 0.630. The lowest BCUT2D eigenvalue weighted by molar-refractivity contribution is 0.369. The number of rotatable bonds is 4. The minimum Gasteiger partial charge on any atom is -0.481 e. The van der Waals surface area contributed by atoms with Crippen molar-refractivity contribution in [1.82, 2.24) is 9.97 Å². The van der Waals surface area contributed by atoms with E-state index in [1.165, 1.54) is 20.3 Å². The summed E-state index contributed by atoms with van der Waals surface area (Å²) in [5, 5.41) is -0.0997. The van der Waals surface area contributed by atoms with Gasteiger partial charge in [-0.2, -0.15) is 9.97 Å². The molecule has 2 aromatic rings. The van der Waals surface area contributed by atoms with Crippen molar-refractivity contribution in [3.63, 3.8) is 0 Å². The summed E-state index contributed by atoms with van der Waals surface area (Å²) in [6.45, 7) is 0. The SMILES string of the molecule is COc1cc(OC)nc(Cc2ccc(F)c(Cl)c2N)n1. The van der Waals surface area contributed by atoms with Crippen molar-refractivity contribution in [2.45, 2.75) is 6.42 Å². The molecule has 0 fully saturated rings. The molecule has 2 rings (SSSR count). The Balaban J connectivity index is 2.37. The van der Waals surface area contributed by atoms with Crippen molar-refractivity contribution in [2.75, 3.05) is 20.0 Å². The third-order valence-electron chi connectivity index (χ3n) is 2.72. The van der Waals surface area contributed by atoms with Crippen molar-refractivity contribution in [1.29, 1.82) is 0 Å². The molecule has 0 spiro atoms. The van der Waals surface area contributed by atoms with Gasteiger partial charge in [-0.05, 0) is 11.6 Å². The molecule has 7 heteroatoms. The molecule has 0 saturated heterocycles. The molecule has 0 unspecified atom stereocenters. The fraction of sp³-hybridized carbons (Fsp3) is 0.231. The molecule has 2 N–H and O–H groups in total. The number of hydrogen-bond donors (Lipinski definition) is 1. The van der Waals surface area contributed by atoms with Crippen LogP contribution < -0.4 is 15.2 Å². The third kappa shape index (κ3) is 2.91. The van der Waals surface area contributed by atoms with E-state index in [2.05, 4.69) is 9.97 Å². The van der Waals surface area contributed by atoms with Gasteiger partial charge in [-0.1, -0.05) is 17.7 Å². The van der Waals surface area contributed by atoms with Gasteiger partial charge in [0, 0.05) is 6.42 Å². The second-order valence-corrected chi connectivity index (χ2v) is 4.36. The molecule has 0 amide bonds. The van der Waals surface area contributed by atoms with Crippen molar-refractivity contribution >= 4 is 17.3 Å². The maximum absolute atomic E-state index is 13.3. The molecular weight excluding hydrogens is 285 g/mol. The minimum absolute atomic E-state index is 0.0997. The lowest BCUT2D eigenvalue weighted by atomic mass is 10.1. The van der Waals surface area contributed by atoms with Crippen molar-refractivity contribution < 1.29 is 13.9 Å². The van der Waals surface area contributed by atoms with Crippen molar-refractivity contribution in [3.8, 4) is 11.8 Å². The van der Waals surface area contributed by atoms with Gasteiger partial charge in [0.1, 0.15) is 11.6 Å². The van der Waals surface area contributed by atoms with Crippen LogP contribution in [0, 0.1) is 5.82 Å². The third-order valence-corrected chi connectivity index (χ3v) is 3.10. The zero-order valence-electron chi connectivity index (χ0n) is 11.0. The number of nitrogen functional groups attached to an aromatic ring is 1. The first-order valence-electron chi connectivity index (χ1n) is 5.73. The predicted molar refractivity (Wildman–Crippen MR) is 73.8 cm³/mol. The number of methoxy groups -OCH3 is 2. The Morgan fingerprint density at radius 1 is 1.20 bits per heavy atom. The summed E-state index contributed by atoms with van der Waals surface area (Å²) in [4.78, 5) is 8.37. The normalized spacial score (nSPS) is 10.4. The van der Waals surface area contributed by atoms with Crippen LogP contribution in [0.2, 0.25) is 5.02 Å². The molecule has 0 saturated carbocycles. The van der Waals surface area contributed by atoms with E-state index in [0.717, 1.165) is 0 Å². The van der Waals surface area contributed by atoms with E-state index in [1.807, 2.05) is 0 Å². The Morgan fingerprint density at radius 3 is 2.35 bits per heavy atom. The molecule has 5 nitrogen and oxygen atoms in total. The number of benzene rings is 1. The van der Waals surface area contributed by atoms with Gasteiger partial charge in [0.2, 0.25) is 11.8 Å². The van der Waals surface area contributed by atoms with Gasteiger partial charge in [0.25, 0.3) is 0 Å². The van der Waals surface area contributed by atoms with E-state index in [0.29, 0.717) is 29.6 Å². The predicted octanol–water partition coefficient (Wildman–Crippen LogP) is 2.46. The molecule has 0 aliphatic carbocycles. The molecule has 1 heterocycles. The molecular formula is C13H13ClFN3O2. The second kappa shape index (κ2) is 5.92. The Bertz CT molecular complexity index is 615. The topological polar surface area (TPSA) is 70.3 Å². The Morgan fingerprint density at radius 2 is 1.80 bits per heavy atom. The van der Waals surface area contributed by atoms with Crippen LogP contribution >= 0.6 is 11.6 Å². The van der Waals surface area contributed by atoms with Crippen LogP contribution in [0.5, 0.6) is 11.8 Å². The minimum atomic E-state index is -0.558. The Labute approximate surface area is 120 Å². The van der Waals surface area contributed by atoms with E-state index in [-0.39, 0.29) is 10.7 Å². The average molecular weight is 298 g/mol. The lowest BCUT2D eigenvalue weighted by Crippen LogP contribution is -2.04. The maximum Gasteiger partial charge on any atom is 0.220 e. The average Bonchev–Trinajstić information content (AvgIpc) is 2.47. The van der Waals surface area contributed by atoms with E-state index < -0.39 is 5.82 Å². The number of nitrogens with zero attached hydrogens (tertiary/aromatic N) is 2. The molecule has 0 aliphatic heterocycles. The van der Waals surface area contributed by atoms with Gasteiger partial charge >= 0.3 is 0 Å². The quantitative estimate of drug-likeness (QED) is 0.878. The van der Waals surface area contributed by atoms with Gasteiger partial charge in [-0.3, -0.25) is 0 Å². The summed E-state index contributed by atoms with van der Waals surface area (Å²) in [5.41, 5.74) is 6.59. The highest BCUT2D eigenvalue weighted by atomic mass is 35.5. The van der Waals surface area contributed by atoms with Crippen LogP contribution in [0.4, 0.5) is 10.1 Å². The van der Waals surface area contributed by atoms with E-state index in [9.17, 15) is 4.39 Å². The molecule has 20 heavy (non-hydrogen) atoms. The summed E-state index contributed by atoms with van der Waals surface area (Å²) >= 11 is 5.78. The van der Waals surface area contributed by atoms with Gasteiger partial charge in [0.15, 0.2) is 0 Å². The maximum atomic E-state index is 13.3. The van der Waals surface area contributed by atoms with Gasteiger partial charge in [0.05, 0.1) is 31.0 Å². The number of nitrogens with two attached hydrogens (primary N) is 1. The van der Waals surface area contributed by atoms with Gasteiger partial charge in [-0.25, -0.2) is 4.39 Å². The molecule has 1 aromatic heterocycles. The summed E-state index contributed by atoms with van der Waals surface area (Å²) in [6.07, 6.45) is 0.291. The summed E-state index contributed by atoms with van der Waals surface area (Å²) in [6, 6.07) is 4.36. The van der Waals surface area contributed by atoms with Crippen LogP contribution in [-0.4, -0.2) is 24.2 Å². The number of anilines is 1. The highest BCUT2D eigenvalue weighted by Crippen LogP contribution is 2.27. The molecule has 106 valence electrons. The van der Waals surface area contributed by atoms with Gasteiger partial charge < -0.3 is 15.2 Å². The summed E-state index contributed by atoms with van der Waals surface area (Å²) < 4.78 is 23.4. The van der Waals surface area contributed by atoms with Crippen LogP contribution in [-0.2, 0) is 6.42 Å². The number of hydrogen-bond acceptors (Lipinski definition) is 5. The molecule has 0 atom stereocenters. The first-order valence-corrected chi connectivity index (χ1v) is 6.11. The lowest BCUT2D eigenvalue weighted by Gasteiger charge is -2.09. The first kappa shape index (κ1) is 14.3. The smallest absolute Gasteiger partial charge is 0.220 e. The molecule has 0 bridgehead atoms. The van der Waals surface area contributed by atoms with Crippen LogP contribution in [0.3, 0.4) is 0 Å². The standard InChI is InChI=1S/C13H13ClFN3O2/c1-19-10-6-11(20-2)18-9(17-10)5-7-3-4-8(15)12(14)13(7)16/h3-4,6H,5,16H2,1-2H3. The molecule has 0 aliphatic rings. The van der Waals surface area contributed by atoms with E-state index >= 15 is 0 Å². The number of ether oxygens (including phenoxy) is 2. The number of aromatic nitrogens is 2. The number of halogens is 2. The zero-order valence-corrected chi connectivity index (χ0v) is 11.7. The van der Waals surface area contributed by atoms with Crippen LogP contribution in [0.1, 0.15) is 11.4 Å². The zero-order chi connectivity index (χ0) is 14.7. The van der Waals surface area contributed by atoms with Gasteiger partial charge in [-0.15, -0.1) is 0 Å². The fourth-order valence-electron chi connectivity index (χ4n) is 1.67. The molecule has 1 aromatic carbocycles. The van der Waals surface area contributed by atoms with Crippen molar-refractivity contribution in [2.24, 2.45) is 0 Å². The second-order valence-electron chi connectivity index (χ2n) is 3.98. The van der Waals surface area contributed by atoms with Crippen LogP contribution in [0.15, 0.2) is 18.2 Å². The largest absolute Gasteiger partial charge is 0.481 e. The van der Waals surface area contributed by atoms with Crippen LogP contribution in [0.25, 0.3) is 0 Å². The summed E-state index contributed by atoms with van der Waals surface area (Å²) in [7, 11) is 2.99. The Kier molecular flexibility index (Phi) is 4.24. The van der Waals surface area contributed by atoms with E-state index in [4.69, 9.17) is 26.8 Å². The van der Waals surface area contributed by atoms with Crippen molar-refractivity contribution in [3.05, 3.63) is 40.4 Å². The first-order chi connectivity index (χ1) is 9.55. The highest BCUT2D eigenvalue weighted by Gasteiger charge is 2.12.